The first kappa shape index (κ1) is 19.8. The first-order valence-electron chi connectivity index (χ1n) is 5.93. The molecular weight excluding hydrogens is 368 g/mol. The number of nitrogens with one attached hydrogen (secondary N) is 2. The van der Waals surface area contributed by atoms with Crippen LogP contribution in [-0.2, 0) is 14.8 Å². The summed E-state index contributed by atoms with van der Waals surface area (Å²) < 4.78 is 32.5. The van der Waals surface area contributed by atoms with Crippen LogP contribution in [0.25, 0.3) is 0 Å². The Hall–Kier alpha value is -0.180. The van der Waals surface area contributed by atoms with E-state index in [2.05, 4.69) is 26.0 Å². The van der Waals surface area contributed by atoms with Crippen molar-refractivity contribution in [3.8, 4) is 0 Å². The molecule has 1 rings (SSSR count). The first-order valence-corrected chi connectivity index (χ1v) is 8.20. The molecule has 116 valence electrons. The Labute approximate surface area is 135 Å². The van der Waals surface area contributed by atoms with Crippen molar-refractivity contribution in [2.45, 2.75) is 11.8 Å². The number of ether oxygens (including phenoxy) is 1. The molecule has 0 bridgehead atoms. The maximum Gasteiger partial charge on any atom is 0.240 e. The summed E-state index contributed by atoms with van der Waals surface area (Å²) in [4.78, 5) is 0.313. The third-order valence-corrected chi connectivity index (χ3v) is 4.62. The van der Waals surface area contributed by atoms with Crippen molar-refractivity contribution < 1.29 is 13.2 Å². The van der Waals surface area contributed by atoms with Crippen LogP contribution in [0.5, 0.6) is 0 Å². The lowest BCUT2D eigenvalue weighted by Gasteiger charge is -2.10. The van der Waals surface area contributed by atoms with E-state index in [1.54, 1.807) is 32.2 Å². The Balaban J connectivity index is 0.00000361. The molecule has 0 radical (unpaired) electrons. The zero-order valence-electron chi connectivity index (χ0n) is 11.5. The molecule has 5 nitrogen and oxygen atoms in total. The Morgan fingerprint density at radius 1 is 1.25 bits per heavy atom. The summed E-state index contributed by atoms with van der Waals surface area (Å²) in [5.41, 5.74) is 0.717. The maximum atomic E-state index is 12.1. The molecule has 0 saturated carbocycles. The average Bonchev–Trinajstić information content (AvgIpc) is 2.33. The van der Waals surface area contributed by atoms with Gasteiger partial charge in [0.05, 0.1) is 11.5 Å². The second kappa shape index (κ2) is 9.70. The van der Waals surface area contributed by atoms with Crippen molar-refractivity contribution in [3.05, 3.63) is 28.2 Å². The van der Waals surface area contributed by atoms with E-state index in [-0.39, 0.29) is 12.4 Å². The molecule has 2 N–H and O–H groups in total. The van der Waals surface area contributed by atoms with E-state index in [0.29, 0.717) is 36.7 Å². The highest BCUT2D eigenvalue weighted by atomic mass is 79.9. The standard InChI is InChI=1S/C12H19BrN2O3S.ClH/c1-10-9-11(13)3-4-12(10)19(16,17)15-6-5-14-7-8-18-2;/h3-4,9,14-15H,5-8H2,1-2H3;1H. The summed E-state index contributed by atoms with van der Waals surface area (Å²) >= 11 is 3.31. The molecule has 20 heavy (non-hydrogen) atoms. The maximum absolute atomic E-state index is 12.1. The van der Waals surface area contributed by atoms with Crippen molar-refractivity contribution in [3.63, 3.8) is 0 Å². The molecule has 0 fully saturated rings. The number of hydrogen-bond donors (Lipinski definition) is 2. The van der Waals surface area contributed by atoms with Gasteiger partial charge < -0.3 is 10.1 Å². The fourth-order valence-electron chi connectivity index (χ4n) is 1.57. The predicted octanol–water partition coefficient (Wildman–Crippen LogP) is 1.69. The van der Waals surface area contributed by atoms with Crippen LogP contribution < -0.4 is 10.0 Å². The lowest BCUT2D eigenvalue weighted by molar-refractivity contribution is 0.199. The fourth-order valence-corrected chi connectivity index (χ4v) is 3.30. The summed E-state index contributed by atoms with van der Waals surface area (Å²) in [7, 11) is -1.82. The SMILES string of the molecule is COCCNCCNS(=O)(=O)c1ccc(Br)cc1C.Cl. The van der Waals surface area contributed by atoms with Crippen molar-refractivity contribution >= 4 is 38.4 Å². The number of methoxy groups -OCH3 is 1. The quantitative estimate of drug-likeness (QED) is 0.666. The van der Waals surface area contributed by atoms with Crippen LogP contribution in [0, 0.1) is 6.92 Å². The molecule has 0 unspecified atom stereocenters. The van der Waals surface area contributed by atoms with Gasteiger partial charge in [-0.2, -0.15) is 0 Å². The number of benzene rings is 1. The van der Waals surface area contributed by atoms with Crippen LogP contribution >= 0.6 is 28.3 Å². The number of sulfonamides is 1. The minimum atomic E-state index is -3.44. The van der Waals surface area contributed by atoms with Crippen molar-refractivity contribution in [1.82, 2.24) is 10.0 Å². The van der Waals surface area contributed by atoms with Crippen LogP contribution in [-0.4, -0.2) is 41.8 Å². The smallest absolute Gasteiger partial charge is 0.240 e. The van der Waals surface area contributed by atoms with Gasteiger partial charge in [0.25, 0.3) is 0 Å². The monoisotopic (exact) mass is 386 g/mol. The Kier molecular flexibility index (Phi) is 9.61. The van der Waals surface area contributed by atoms with Crippen LogP contribution in [0.15, 0.2) is 27.6 Å². The van der Waals surface area contributed by atoms with Gasteiger partial charge in [-0.25, -0.2) is 13.1 Å². The summed E-state index contributed by atoms with van der Waals surface area (Å²) in [6.45, 7) is 4.00. The van der Waals surface area contributed by atoms with E-state index in [1.165, 1.54) is 0 Å². The van der Waals surface area contributed by atoms with Gasteiger partial charge in [0.2, 0.25) is 10.0 Å². The van der Waals surface area contributed by atoms with Crippen molar-refractivity contribution in [2.75, 3.05) is 33.4 Å². The van der Waals surface area contributed by atoms with Crippen molar-refractivity contribution in [1.29, 1.82) is 0 Å². The number of aryl methyl sites for hydroxylation is 1. The van der Waals surface area contributed by atoms with E-state index in [4.69, 9.17) is 4.74 Å². The summed E-state index contributed by atoms with van der Waals surface area (Å²) in [5.74, 6) is 0. The molecule has 0 aliphatic heterocycles. The van der Waals surface area contributed by atoms with Crippen LogP contribution in [0.2, 0.25) is 0 Å². The molecule has 1 aromatic carbocycles. The minimum Gasteiger partial charge on any atom is -0.383 e. The number of rotatable bonds is 8. The lowest BCUT2D eigenvalue weighted by atomic mass is 10.2. The second-order valence-corrected chi connectivity index (χ2v) is 6.70. The lowest BCUT2D eigenvalue weighted by Crippen LogP contribution is -2.33. The first-order chi connectivity index (χ1) is 8.97. The van der Waals surface area contributed by atoms with Gasteiger partial charge in [0.1, 0.15) is 0 Å². The van der Waals surface area contributed by atoms with E-state index in [1.807, 2.05) is 0 Å². The molecular formula is C12H20BrClN2O3S. The zero-order valence-corrected chi connectivity index (χ0v) is 14.7. The third-order valence-electron chi connectivity index (χ3n) is 2.50. The highest BCUT2D eigenvalue weighted by Gasteiger charge is 2.15. The highest BCUT2D eigenvalue weighted by Crippen LogP contribution is 2.19. The molecule has 0 spiro atoms. The topological polar surface area (TPSA) is 67.4 Å². The van der Waals surface area contributed by atoms with Gasteiger partial charge in [-0.1, -0.05) is 15.9 Å². The molecule has 0 aliphatic rings. The van der Waals surface area contributed by atoms with E-state index in [0.717, 1.165) is 4.47 Å². The van der Waals surface area contributed by atoms with E-state index in [9.17, 15) is 8.42 Å². The second-order valence-electron chi connectivity index (χ2n) is 4.05. The molecule has 1 aromatic rings. The summed E-state index contributed by atoms with van der Waals surface area (Å²) in [6, 6.07) is 5.10. The third kappa shape index (κ3) is 6.51. The zero-order chi connectivity index (χ0) is 14.3. The Morgan fingerprint density at radius 2 is 1.95 bits per heavy atom. The molecule has 8 heteroatoms. The van der Waals surface area contributed by atoms with Gasteiger partial charge in [-0.05, 0) is 30.7 Å². The van der Waals surface area contributed by atoms with Crippen LogP contribution in [0.3, 0.4) is 0 Å². The van der Waals surface area contributed by atoms with Gasteiger partial charge in [-0.3, -0.25) is 0 Å². The Bertz CT molecular complexity index is 511. The van der Waals surface area contributed by atoms with Gasteiger partial charge in [-0.15, -0.1) is 12.4 Å². The Morgan fingerprint density at radius 3 is 2.55 bits per heavy atom. The molecule has 0 heterocycles. The molecule has 0 saturated heterocycles. The van der Waals surface area contributed by atoms with Crippen LogP contribution in [0.1, 0.15) is 5.56 Å². The molecule has 0 aliphatic carbocycles. The highest BCUT2D eigenvalue weighted by molar-refractivity contribution is 9.10. The van der Waals surface area contributed by atoms with Gasteiger partial charge in [0, 0.05) is 31.2 Å². The largest absolute Gasteiger partial charge is 0.383 e. The average molecular weight is 388 g/mol. The van der Waals surface area contributed by atoms with Gasteiger partial charge >= 0.3 is 0 Å². The number of hydrogen-bond acceptors (Lipinski definition) is 4. The van der Waals surface area contributed by atoms with Crippen LogP contribution in [0.4, 0.5) is 0 Å². The molecule has 0 atom stereocenters. The summed E-state index contributed by atoms with van der Waals surface area (Å²) in [6.07, 6.45) is 0. The molecule has 0 aromatic heterocycles. The normalized spacial score (nSPS) is 11.2. The number of halogens is 2. The van der Waals surface area contributed by atoms with Gasteiger partial charge in [0.15, 0.2) is 0 Å². The van der Waals surface area contributed by atoms with E-state index < -0.39 is 10.0 Å². The molecule has 0 amide bonds. The fraction of sp³-hybridized carbons (Fsp3) is 0.500. The van der Waals surface area contributed by atoms with Crippen molar-refractivity contribution in [2.24, 2.45) is 0 Å². The van der Waals surface area contributed by atoms with E-state index >= 15 is 0 Å². The summed E-state index contributed by atoms with van der Waals surface area (Å²) in [5, 5.41) is 3.07. The minimum absolute atomic E-state index is 0. The predicted molar refractivity (Wildman–Crippen MR) is 86.1 cm³/mol.